The summed E-state index contributed by atoms with van der Waals surface area (Å²) in [6.07, 6.45) is 16.1. The molecule has 0 amide bonds. The van der Waals surface area contributed by atoms with Crippen LogP contribution >= 0.6 is 0 Å². The lowest BCUT2D eigenvalue weighted by atomic mass is 10.1. The molecule has 0 saturated heterocycles. The number of carboxylic acids is 1. The Morgan fingerprint density at radius 1 is 1.05 bits per heavy atom. The van der Waals surface area contributed by atoms with Crippen molar-refractivity contribution in [1.29, 1.82) is 0 Å². The molecule has 1 aromatic heterocycles. The van der Waals surface area contributed by atoms with Crippen LogP contribution in [0.2, 0.25) is 0 Å². The summed E-state index contributed by atoms with van der Waals surface area (Å²) in [6, 6.07) is 0. The van der Waals surface area contributed by atoms with Crippen molar-refractivity contribution in [3.05, 3.63) is 18.0 Å². The predicted molar refractivity (Wildman–Crippen MR) is 81.0 cm³/mol. The third-order valence-electron chi connectivity index (χ3n) is 3.62. The van der Waals surface area contributed by atoms with Crippen molar-refractivity contribution in [2.75, 3.05) is 0 Å². The van der Waals surface area contributed by atoms with E-state index in [4.69, 9.17) is 5.11 Å². The molecule has 0 aliphatic rings. The molecule has 0 radical (unpaired) electrons. The van der Waals surface area contributed by atoms with E-state index in [2.05, 4.69) is 12.0 Å². The van der Waals surface area contributed by atoms with Crippen molar-refractivity contribution in [3.8, 4) is 0 Å². The summed E-state index contributed by atoms with van der Waals surface area (Å²) >= 11 is 0. The van der Waals surface area contributed by atoms with Gasteiger partial charge in [0.2, 0.25) is 0 Å². The Morgan fingerprint density at radius 3 is 2.10 bits per heavy atom. The van der Waals surface area contributed by atoms with Gasteiger partial charge < -0.3 is 5.11 Å². The van der Waals surface area contributed by atoms with Crippen molar-refractivity contribution >= 4 is 5.97 Å². The van der Waals surface area contributed by atoms with Gasteiger partial charge in [0.25, 0.3) is 0 Å². The SMILES string of the molecule is CCCCCCCCCCCCn1cc(C(=O)O)cn1. The maximum absolute atomic E-state index is 10.7. The van der Waals surface area contributed by atoms with Gasteiger partial charge in [-0.25, -0.2) is 4.79 Å². The van der Waals surface area contributed by atoms with E-state index in [0.29, 0.717) is 0 Å². The Morgan fingerprint density at radius 2 is 1.60 bits per heavy atom. The van der Waals surface area contributed by atoms with E-state index >= 15 is 0 Å². The second kappa shape index (κ2) is 10.5. The highest BCUT2D eigenvalue weighted by Crippen LogP contribution is 2.11. The van der Waals surface area contributed by atoms with Crippen LogP contribution in [0.1, 0.15) is 81.5 Å². The molecule has 0 aromatic carbocycles. The molecule has 1 aromatic rings. The number of aromatic nitrogens is 2. The smallest absolute Gasteiger partial charge is 0.338 e. The zero-order valence-corrected chi connectivity index (χ0v) is 12.7. The van der Waals surface area contributed by atoms with E-state index in [1.165, 1.54) is 64.0 Å². The molecule has 0 bridgehead atoms. The largest absolute Gasteiger partial charge is 0.478 e. The quantitative estimate of drug-likeness (QED) is 0.573. The summed E-state index contributed by atoms with van der Waals surface area (Å²) in [7, 11) is 0. The highest BCUT2D eigenvalue weighted by atomic mass is 16.4. The van der Waals surface area contributed by atoms with Crippen LogP contribution in [0.25, 0.3) is 0 Å². The second-order valence-electron chi connectivity index (χ2n) is 5.48. The second-order valence-corrected chi connectivity index (χ2v) is 5.48. The maximum Gasteiger partial charge on any atom is 0.338 e. The van der Waals surface area contributed by atoms with E-state index in [1.54, 1.807) is 10.9 Å². The van der Waals surface area contributed by atoms with Gasteiger partial charge in [-0.1, -0.05) is 64.7 Å². The van der Waals surface area contributed by atoms with Gasteiger partial charge in [-0.15, -0.1) is 0 Å². The van der Waals surface area contributed by atoms with Crippen LogP contribution in [0.3, 0.4) is 0 Å². The summed E-state index contributed by atoms with van der Waals surface area (Å²) in [5, 5.41) is 12.8. The monoisotopic (exact) mass is 280 g/mol. The van der Waals surface area contributed by atoms with Gasteiger partial charge in [0.1, 0.15) is 0 Å². The fraction of sp³-hybridized carbons (Fsp3) is 0.750. The minimum absolute atomic E-state index is 0.275. The highest BCUT2D eigenvalue weighted by molar-refractivity contribution is 5.86. The topological polar surface area (TPSA) is 55.1 Å². The summed E-state index contributed by atoms with van der Waals surface area (Å²) in [5.74, 6) is -0.903. The van der Waals surface area contributed by atoms with Gasteiger partial charge in [0.15, 0.2) is 0 Å². The molecule has 1 N–H and O–H groups in total. The number of hydrogen-bond acceptors (Lipinski definition) is 2. The fourth-order valence-corrected chi connectivity index (χ4v) is 2.36. The van der Waals surface area contributed by atoms with Crippen LogP contribution in [0.4, 0.5) is 0 Å². The highest BCUT2D eigenvalue weighted by Gasteiger charge is 2.05. The molecule has 0 atom stereocenters. The summed E-state index contributed by atoms with van der Waals surface area (Å²) in [4.78, 5) is 10.7. The number of hydrogen-bond donors (Lipinski definition) is 1. The number of carbonyl (C=O) groups is 1. The summed E-state index contributed by atoms with van der Waals surface area (Å²) < 4.78 is 1.73. The molecule has 0 aliphatic carbocycles. The van der Waals surface area contributed by atoms with E-state index in [1.807, 2.05) is 0 Å². The predicted octanol–water partition coefficient (Wildman–Crippen LogP) is 4.50. The molecular weight excluding hydrogens is 252 g/mol. The summed E-state index contributed by atoms with van der Waals surface area (Å²) in [5.41, 5.74) is 0.275. The number of unbranched alkanes of at least 4 members (excludes halogenated alkanes) is 9. The fourth-order valence-electron chi connectivity index (χ4n) is 2.36. The van der Waals surface area contributed by atoms with Crippen molar-refractivity contribution < 1.29 is 9.90 Å². The molecular formula is C16H28N2O2. The molecule has 114 valence electrons. The van der Waals surface area contributed by atoms with Crippen LogP contribution in [-0.2, 0) is 6.54 Å². The van der Waals surface area contributed by atoms with Crippen molar-refractivity contribution in [2.45, 2.75) is 77.7 Å². The van der Waals surface area contributed by atoms with Gasteiger partial charge in [0, 0.05) is 12.7 Å². The Bertz CT molecular complexity index is 374. The van der Waals surface area contributed by atoms with Crippen molar-refractivity contribution in [3.63, 3.8) is 0 Å². The lowest BCUT2D eigenvalue weighted by Gasteiger charge is -2.03. The van der Waals surface area contributed by atoms with Crippen LogP contribution in [0.5, 0.6) is 0 Å². The molecule has 0 unspecified atom stereocenters. The first-order valence-electron chi connectivity index (χ1n) is 7.99. The van der Waals surface area contributed by atoms with E-state index in [0.717, 1.165) is 13.0 Å². The molecule has 0 aliphatic heterocycles. The number of rotatable bonds is 12. The molecule has 0 saturated carbocycles. The van der Waals surface area contributed by atoms with Gasteiger partial charge in [-0.2, -0.15) is 5.10 Å². The molecule has 0 fully saturated rings. The number of carboxylic acid groups (broad SMARTS) is 1. The zero-order valence-electron chi connectivity index (χ0n) is 12.7. The van der Waals surface area contributed by atoms with Crippen LogP contribution < -0.4 is 0 Å². The molecule has 4 heteroatoms. The standard InChI is InChI=1S/C16H28N2O2/c1-2-3-4-5-6-7-8-9-10-11-12-18-14-15(13-17-18)16(19)20/h13-14H,2-12H2,1H3,(H,19,20). The minimum atomic E-state index is -0.903. The van der Waals surface area contributed by atoms with Crippen molar-refractivity contribution in [1.82, 2.24) is 9.78 Å². The molecule has 0 spiro atoms. The molecule has 1 heterocycles. The minimum Gasteiger partial charge on any atom is -0.478 e. The Hall–Kier alpha value is -1.32. The first-order valence-corrected chi connectivity index (χ1v) is 7.99. The Kier molecular flexibility index (Phi) is 8.76. The van der Waals surface area contributed by atoms with E-state index in [-0.39, 0.29) is 5.56 Å². The maximum atomic E-state index is 10.7. The van der Waals surface area contributed by atoms with Crippen molar-refractivity contribution in [2.24, 2.45) is 0 Å². The van der Waals surface area contributed by atoms with Gasteiger partial charge in [-0.3, -0.25) is 4.68 Å². The molecule has 20 heavy (non-hydrogen) atoms. The first kappa shape index (κ1) is 16.7. The molecule has 1 rings (SSSR count). The van der Waals surface area contributed by atoms with Crippen LogP contribution in [0.15, 0.2) is 12.4 Å². The molecule has 4 nitrogen and oxygen atoms in total. The zero-order chi connectivity index (χ0) is 14.6. The number of aromatic carboxylic acids is 1. The average molecular weight is 280 g/mol. The van der Waals surface area contributed by atoms with Crippen LogP contribution in [-0.4, -0.2) is 20.9 Å². The van der Waals surface area contributed by atoms with E-state index in [9.17, 15) is 4.79 Å². The lowest BCUT2D eigenvalue weighted by molar-refractivity contribution is 0.0696. The first-order chi connectivity index (χ1) is 9.74. The number of aryl methyl sites for hydroxylation is 1. The van der Waals surface area contributed by atoms with E-state index < -0.39 is 5.97 Å². The van der Waals surface area contributed by atoms with Gasteiger partial charge >= 0.3 is 5.97 Å². The third kappa shape index (κ3) is 7.31. The third-order valence-corrected chi connectivity index (χ3v) is 3.62. The summed E-state index contributed by atoms with van der Waals surface area (Å²) in [6.45, 7) is 3.07. The Labute approximate surface area is 122 Å². The average Bonchev–Trinajstić information content (AvgIpc) is 2.90. The van der Waals surface area contributed by atoms with Gasteiger partial charge in [-0.05, 0) is 6.42 Å². The van der Waals surface area contributed by atoms with Crippen LogP contribution in [0, 0.1) is 0 Å². The lowest BCUT2D eigenvalue weighted by Crippen LogP contribution is -1.99. The normalized spacial score (nSPS) is 10.8. The number of nitrogens with zero attached hydrogens (tertiary/aromatic N) is 2. The Balaban J connectivity index is 1.93. The van der Waals surface area contributed by atoms with Gasteiger partial charge in [0.05, 0.1) is 11.8 Å².